The Morgan fingerprint density at radius 1 is 1.25 bits per heavy atom. The Hall–Kier alpha value is -2.69. The Morgan fingerprint density at radius 3 is 2.96 bits per heavy atom. The molecule has 1 amide bonds. The number of aryl methyl sites for hydroxylation is 1. The molecule has 0 saturated heterocycles. The number of nitrogens with zero attached hydrogens (tertiary/aromatic N) is 3. The van der Waals surface area contributed by atoms with E-state index in [9.17, 15) is 4.79 Å². The van der Waals surface area contributed by atoms with Crippen molar-refractivity contribution in [1.82, 2.24) is 19.9 Å². The summed E-state index contributed by atoms with van der Waals surface area (Å²) in [7, 11) is 0. The molecular weight excluding hydrogens is 300 g/mol. The van der Waals surface area contributed by atoms with E-state index in [0.29, 0.717) is 12.1 Å². The van der Waals surface area contributed by atoms with Crippen LogP contribution >= 0.6 is 0 Å². The number of aromatic nitrogens is 3. The first-order valence-electron chi connectivity index (χ1n) is 8.33. The third-order valence-corrected chi connectivity index (χ3v) is 4.08. The normalized spacial score (nSPS) is 10.9. The van der Waals surface area contributed by atoms with E-state index in [1.807, 2.05) is 36.5 Å². The Morgan fingerprint density at radius 2 is 2.12 bits per heavy atom. The summed E-state index contributed by atoms with van der Waals surface area (Å²) in [6.07, 6.45) is 5.45. The summed E-state index contributed by atoms with van der Waals surface area (Å²) in [6.45, 7) is 5.75. The third-order valence-electron chi connectivity index (χ3n) is 4.08. The smallest absolute Gasteiger partial charge is 0.251 e. The predicted octanol–water partition coefficient (Wildman–Crippen LogP) is 3.12. The zero-order valence-corrected chi connectivity index (χ0v) is 14.1. The molecule has 24 heavy (non-hydrogen) atoms. The van der Waals surface area contributed by atoms with Crippen molar-refractivity contribution in [3.63, 3.8) is 0 Å². The van der Waals surface area contributed by atoms with Gasteiger partial charge in [-0.05, 0) is 37.6 Å². The Labute approximate surface area is 141 Å². The monoisotopic (exact) mass is 322 g/mol. The van der Waals surface area contributed by atoms with Gasteiger partial charge in [-0.25, -0.2) is 4.98 Å². The van der Waals surface area contributed by atoms with E-state index in [2.05, 4.69) is 33.7 Å². The molecule has 0 aliphatic heterocycles. The fourth-order valence-electron chi connectivity index (χ4n) is 2.85. The third kappa shape index (κ3) is 3.45. The number of hydrogen-bond donors (Lipinski definition) is 1. The van der Waals surface area contributed by atoms with Gasteiger partial charge in [-0.3, -0.25) is 9.78 Å². The molecule has 0 bridgehead atoms. The maximum atomic E-state index is 12.3. The second-order valence-corrected chi connectivity index (χ2v) is 5.88. The van der Waals surface area contributed by atoms with E-state index in [0.717, 1.165) is 36.1 Å². The Balaban J connectivity index is 1.62. The number of nitrogens with one attached hydrogen (secondary N) is 1. The summed E-state index contributed by atoms with van der Waals surface area (Å²) < 4.78 is 2.22. The molecule has 1 aromatic carbocycles. The molecular formula is C19H22N4O. The van der Waals surface area contributed by atoms with Crippen LogP contribution in [0, 0.1) is 6.92 Å². The van der Waals surface area contributed by atoms with E-state index in [1.54, 1.807) is 6.20 Å². The molecule has 0 atom stereocenters. The molecule has 0 aliphatic carbocycles. The topological polar surface area (TPSA) is 59.8 Å². The van der Waals surface area contributed by atoms with Crippen LogP contribution in [0.4, 0.5) is 0 Å². The maximum absolute atomic E-state index is 12.3. The number of carbonyl (C=O) groups is 1. The van der Waals surface area contributed by atoms with Crippen LogP contribution in [-0.2, 0) is 13.0 Å². The first-order valence-corrected chi connectivity index (χ1v) is 8.33. The van der Waals surface area contributed by atoms with Crippen LogP contribution < -0.4 is 5.32 Å². The van der Waals surface area contributed by atoms with Gasteiger partial charge in [0.05, 0.1) is 5.52 Å². The lowest BCUT2D eigenvalue weighted by molar-refractivity contribution is 0.0954. The molecule has 3 aromatic rings. The van der Waals surface area contributed by atoms with Crippen molar-refractivity contribution >= 4 is 16.8 Å². The van der Waals surface area contributed by atoms with Gasteiger partial charge in [0.2, 0.25) is 0 Å². The van der Waals surface area contributed by atoms with Crippen LogP contribution in [0.1, 0.15) is 35.2 Å². The number of fused-ring (bicyclic) bond motifs is 1. The molecule has 0 spiro atoms. The number of hydrogen-bond acceptors (Lipinski definition) is 3. The number of rotatable bonds is 6. The van der Waals surface area contributed by atoms with E-state index in [-0.39, 0.29) is 5.91 Å². The summed E-state index contributed by atoms with van der Waals surface area (Å²) in [5.41, 5.74) is 2.72. The highest BCUT2D eigenvalue weighted by molar-refractivity contribution is 5.97. The van der Waals surface area contributed by atoms with Crippen LogP contribution in [0.15, 0.2) is 42.7 Å². The van der Waals surface area contributed by atoms with Crippen molar-refractivity contribution in [3.8, 4) is 0 Å². The minimum atomic E-state index is -0.0638. The zero-order chi connectivity index (χ0) is 16.9. The number of pyridine rings is 1. The summed E-state index contributed by atoms with van der Waals surface area (Å²) in [4.78, 5) is 21.1. The average Bonchev–Trinajstić information content (AvgIpc) is 2.95. The van der Waals surface area contributed by atoms with Crippen molar-refractivity contribution in [1.29, 1.82) is 0 Å². The summed E-state index contributed by atoms with van der Waals surface area (Å²) >= 11 is 0. The summed E-state index contributed by atoms with van der Waals surface area (Å²) in [6, 6.07) is 9.40. The van der Waals surface area contributed by atoms with Gasteiger partial charge in [-0.15, -0.1) is 0 Å². The molecule has 5 nitrogen and oxygen atoms in total. The van der Waals surface area contributed by atoms with E-state index < -0.39 is 0 Å². The van der Waals surface area contributed by atoms with E-state index >= 15 is 0 Å². The van der Waals surface area contributed by atoms with Gasteiger partial charge >= 0.3 is 0 Å². The molecule has 1 N–H and O–H groups in total. The van der Waals surface area contributed by atoms with Gasteiger partial charge in [0.15, 0.2) is 0 Å². The van der Waals surface area contributed by atoms with Crippen molar-refractivity contribution < 1.29 is 4.79 Å². The van der Waals surface area contributed by atoms with Gasteiger partial charge in [-0.1, -0.05) is 13.0 Å². The van der Waals surface area contributed by atoms with Crippen LogP contribution in [0.3, 0.4) is 0 Å². The minimum absolute atomic E-state index is 0.0638. The van der Waals surface area contributed by atoms with E-state index in [4.69, 9.17) is 0 Å². The summed E-state index contributed by atoms with van der Waals surface area (Å²) in [5.74, 6) is 0.962. The van der Waals surface area contributed by atoms with Crippen molar-refractivity contribution in [2.45, 2.75) is 33.2 Å². The molecule has 3 rings (SSSR count). The maximum Gasteiger partial charge on any atom is 0.251 e. The number of imidazole rings is 1. The Bertz CT molecular complexity index is 853. The lowest BCUT2D eigenvalue weighted by Crippen LogP contribution is -2.26. The number of carbonyl (C=O) groups excluding carboxylic acids is 1. The molecule has 0 saturated carbocycles. The van der Waals surface area contributed by atoms with Crippen LogP contribution in [0.2, 0.25) is 0 Å². The number of benzene rings is 1. The second-order valence-electron chi connectivity index (χ2n) is 5.88. The molecule has 2 heterocycles. The average molecular weight is 322 g/mol. The van der Waals surface area contributed by atoms with Crippen LogP contribution in [-0.4, -0.2) is 27.0 Å². The standard InChI is InChI=1S/C19H22N4O/c1-3-11-23-14(2)13-22-18(23)8-10-21-19(24)16-6-7-17-15(12-16)5-4-9-20-17/h4-7,9,12-13H,3,8,10-11H2,1-2H3,(H,21,24). The first-order chi connectivity index (χ1) is 11.7. The largest absolute Gasteiger partial charge is 0.352 e. The van der Waals surface area contributed by atoms with Gasteiger partial charge in [0.1, 0.15) is 5.82 Å². The fourth-order valence-corrected chi connectivity index (χ4v) is 2.85. The predicted molar refractivity (Wildman–Crippen MR) is 95.0 cm³/mol. The highest BCUT2D eigenvalue weighted by Gasteiger charge is 2.09. The molecule has 0 unspecified atom stereocenters. The molecule has 124 valence electrons. The molecule has 2 aromatic heterocycles. The lowest BCUT2D eigenvalue weighted by Gasteiger charge is -2.09. The quantitative estimate of drug-likeness (QED) is 0.758. The molecule has 0 fully saturated rings. The molecule has 0 radical (unpaired) electrons. The molecule has 0 aliphatic rings. The van der Waals surface area contributed by atoms with Crippen molar-refractivity contribution in [2.24, 2.45) is 0 Å². The van der Waals surface area contributed by atoms with Crippen LogP contribution in [0.5, 0.6) is 0 Å². The fraction of sp³-hybridized carbons (Fsp3) is 0.316. The van der Waals surface area contributed by atoms with Gasteiger partial charge < -0.3 is 9.88 Å². The number of amides is 1. The van der Waals surface area contributed by atoms with Gasteiger partial charge in [0.25, 0.3) is 5.91 Å². The lowest BCUT2D eigenvalue weighted by atomic mass is 10.1. The van der Waals surface area contributed by atoms with E-state index in [1.165, 1.54) is 5.69 Å². The molecule has 5 heteroatoms. The van der Waals surface area contributed by atoms with Gasteiger partial charge in [-0.2, -0.15) is 0 Å². The highest BCUT2D eigenvalue weighted by atomic mass is 16.1. The van der Waals surface area contributed by atoms with Crippen molar-refractivity contribution in [2.75, 3.05) is 6.54 Å². The second kappa shape index (κ2) is 7.25. The van der Waals surface area contributed by atoms with Gasteiger partial charge in [0, 0.05) is 48.5 Å². The zero-order valence-electron chi connectivity index (χ0n) is 14.1. The summed E-state index contributed by atoms with van der Waals surface area (Å²) in [5, 5.41) is 3.95. The van der Waals surface area contributed by atoms with Crippen molar-refractivity contribution in [3.05, 3.63) is 59.8 Å². The minimum Gasteiger partial charge on any atom is -0.352 e. The van der Waals surface area contributed by atoms with Crippen LogP contribution in [0.25, 0.3) is 10.9 Å². The first kappa shape index (κ1) is 16.2. The highest BCUT2D eigenvalue weighted by Crippen LogP contribution is 2.13. The SMILES string of the molecule is CCCn1c(C)cnc1CCNC(=O)c1ccc2ncccc2c1. The Kier molecular flexibility index (Phi) is 4.89.